The predicted octanol–water partition coefficient (Wildman–Crippen LogP) is -0.764. The number of likely N-dealkylation sites (N-methyl/N-ethyl adjacent to an activating group) is 1. The molecule has 8 nitrogen and oxygen atoms in total. The minimum atomic E-state index is -0.420. The summed E-state index contributed by atoms with van der Waals surface area (Å²) in [5.74, 6) is -0.137. The molecule has 2 amide bonds. The minimum absolute atomic E-state index is 0.0139. The molecule has 1 aliphatic heterocycles. The topological polar surface area (TPSA) is 118 Å². The summed E-state index contributed by atoms with van der Waals surface area (Å²) >= 11 is 0. The van der Waals surface area contributed by atoms with Gasteiger partial charge in [0.15, 0.2) is 0 Å². The fourth-order valence-electron chi connectivity index (χ4n) is 2.92. The van der Waals surface area contributed by atoms with Crippen molar-refractivity contribution in [1.82, 2.24) is 19.8 Å². The lowest BCUT2D eigenvalue weighted by atomic mass is 10.1. The van der Waals surface area contributed by atoms with Gasteiger partial charge in [0.1, 0.15) is 6.04 Å². The molecule has 2 heterocycles. The van der Waals surface area contributed by atoms with E-state index >= 15 is 0 Å². The lowest BCUT2D eigenvalue weighted by Crippen LogP contribution is -2.57. The van der Waals surface area contributed by atoms with Crippen molar-refractivity contribution in [3.8, 4) is 0 Å². The Labute approximate surface area is 135 Å². The zero-order valence-electron chi connectivity index (χ0n) is 13.9. The Bertz CT molecular complexity index is 595. The van der Waals surface area contributed by atoms with E-state index < -0.39 is 11.9 Å². The van der Waals surface area contributed by atoms with Gasteiger partial charge in [0.2, 0.25) is 17.8 Å². The number of nitrogens with zero attached hydrogens (tertiary/aromatic N) is 4. The molecule has 0 spiro atoms. The summed E-state index contributed by atoms with van der Waals surface area (Å²) in [5, 5.41) is 0. The maximum Gasteiger partial charge on any atom is 0.236 e. The number of nitrogens with two attached hydrogens (primary N) is 2. The van der Waals surface area contributed by atoms with Crippen LogP contribution in [0.1, 0.15) is 23.4 Å². The highest BCUT2D eigenvalue weighted by Gasteiger charge is 2.30. The van der Waals surface area contributed by atoms with Gasteiger partial charge in [-0.25, -0.2) is 9.97 Å². The number of nitrogen functional groups attached to an aromatic ring is 1. The van der Waals surface area contributed by atoms with Crippen molar-refractivity contribution in [1.29, 1.82) is 0 Å². The Morgan fingerprint density at radius 1 is 1.22 bits per heavy atom. The molecule has 1 aliphatic rings. The maximum absolute atomic E-state index is 12.4. The number of hydrogen-bond acceptors (Lipinski definition) is 6. The van der Waals surface area contributed by atoms with Crippen LogP contribution in [0.5, 0.6) is 0 Å². The molecular weight excluding hydrogens is 296 g/mol. The smallest absolute Gasteiger partial charge is 0.236 e. The highest BCUT2D eigenvalue weighted by Crippen LogP contribution is 2.15. The molecule has 1 unspecified atom stereocenters. The zero-order valence-corrected chi connectivity index (χ0v) is 13.9. The van der Waals surface area contributed by atoms with Gasteiger partial charge in [-0.3, -0.25) is 14.5 Å². The molecule has 0 aliphatic carbocycles. The quantitative estimate of drug-likeness (QED) is 0.752. The molecule has 1 fully saturated rings. The standard InChI is InChI=1S/C15H24N6O2/c1-9-11(10(2)19-15(17)18-9)4-5-13(22)21-7-6-20(3)12(8-21)14(16)23/h12H,4-8H2,1-3H3,(H2,16,23)(H2,17,18,19). The van der Waals surface area contributed by atoms with Crippen molar-refractivity contribution in [2.45, 2.75) is 32.7 Å². The highest BCUT2D eigenvalue weighted by molar-refractivity contribution is 5.82. The summed E-state index contributed by atoms with van der Waals surface area (Å²) in [6, 6.07) is -0.420. The van der Waals surface area contributed by atoms with Crippen molar-refractivity contribution in [2.24, 2.45) is 5.73 Å². The summed E-state index contributed by atoms with van der Waals surface area (Å²) in [4.78, 5) is 35.8. The molecule has 0 saturated carbocycles. The Morgan fingerprint density at radius 3 is 2.39 bits per heavy atom. The Kier molecular flexibility index (Phi) is 5.15. The van der Waals surface area contributed by atoms with E-state index in [1.165, 1.54) is 0 Å². The lowest BCUT2D eigenvalue weighted by molar-refractivity contribution is -0.136. The van der Waals surface area contributed by atoms with Gasteiger partial charge in [-0.15, -0.1) is 0 Å². The van der Waals surface area contributed by atoms with Crippen LogP contribution in [-0.4, -0.2) is 64.3 Å². The first kappa shape index (κ1) is 17.1. The van der Waals surface area contributed by atoms with Crippen LogP contribution in [0.2, 0.25) is 0 Å². The van der Waals surface area contributed by atoms with Crippen molar-refractivity contribution in [2.75, 3.05) is 32.4 Å². The Balaban J connectivity index is 1.99. The lowest BCUT2D eigenvalue weighted by Gasteiger charge is -2.37. The molecule has 2 rings (SSSR count). The van der Waals surface area contributed by atoms with Gasteiger partial charge in [-0.2, -0.15) is 0 Å². The normalized spacial score (nSPS) is 18.9. The monoisotopic (exact) mass is 320 g/mol. The van der Waals surface area contributed by atoms with Gasteiger partial charge >= 0.3 is 0 Å². The van der Waals surface area contributed by atoms with Crippen LogP contribution in [0.4, 0.5) is 5.95 Å². The van der Waals surface area contributed by atoms with E-state index in [1.54, 1.807) is 4.90 Å². The third kappa shape index (κ3) is 3.95. The molecule has 0 bridgehead atoms. The van der Waals surface area contributed by atoms with Gasteiger partial charge in [-0.05, 0) is 32.9 Å². The van der Waals surface area contributed by atoms with Crippen LogP contribution in [0.3, 0.4) is 0 Å². The molecule has 1 aromatic heterocycles. The third-order valence-corrected chi connectivity index (χ3v) is 4.36. The fraction of sp³-hybridized carbons (Fsp3) is 0.600. The second-order valence-corrected chi connectivity index (χ2v) is 5.97. The van der Waals surface area contributed by atoms with E-state index in [9.17, 15) is 9.59 Å². The van der Waals surface area contributed by atoms with Crippen molar-refractivity contribution < 1.29 is 9.59 Å². The minimum Gasteiger partial charge on any atom is -0.368 e. The van der Waals surface area contributed by atoms with E-state index in [0.717, 1.165) is 17.0 Å². The van der Waals surface area contributed by atoms with Crippen molar-refractivity contribution >= 4 is 17.8 Å². The number of aryl methyl sites for hydroxylation is 2. The van der Waals surface area contributed by atoms with Crippen molar-refractivity contribution in [3.63, 3.8) is 0 Å². The molecule has 1 atom stereocenters. The Hall–Kier alpha value is -2.22. The SMILES string of the molecule is Cc1nc(N)nc(C)c1CCC(=O)N1CCN(C)C(C(N)=O)C1. The van der Waals surface area contributed by atoms with Crippen LogP contribution < -0.4 is 11.5 Å². The predicted molar refractivity (Wildman–Crippen MR) is 86.4 cm³/mol. The van der Waals surface area contributed by atoms with Gasteiger partial charge < -0.3 is 16.4 Å². The number of piperazine rings is 1. The first-order valence-electron chi connectivity index (χ1n) is 7.66. The van der Waals surface area contributed by atoms with Gasteiger partial charge in [0.05, 0.1) is 0 Å². The summed E-state index contributed by atoms with van der Waals surface area (Å²) in [6.07, 6.45) is 0.911. The van der Waals surface area contributed by atoms with Crippen LogP contribution in [0, 0.1) is 13.8 Å². The molecular formula is C15H24N6O2. The second-order valence-electron chi connectivity index (χ2n) is 5.97. The summed E-state index contributed by atoms with van der Waals surface area (Å²) in [5.41, 5.74) is 13.6. The molecule has 1 aromatic rings. The van der Waals surface area contributed by atoms with Crippen molar-refractivity contribution in [3.05, 3.63) is 17.0 Å². The summed E-state index contributed by atoms with van der Waals surface area (Å²) in [7, 11) is 1.84. The first-order chi connectivity index (χ1) is 10.8. The van der Waals surface area contributed by atoms with Crippen LogP contribution in [0.25, 0.3) is 0 Å². The Morgan fingerprint density at radius 2 is 1.83 bits per heavy atom. The number of rotatable bonds is 4. The number of aromatic nitrogens is 2. The van der Waals surface area contributed by atoms with E-state index in [2.05, 4.69) is 9.97 Å². The molecule has 23 heavy (non-hydrogen) atoms. The van der Waals surface area contributed by atoms with E-state index in [1.807, 2.05) is 25.8 Å². The second kappa shape index (κ2) is 6.91. The molecule has 8 heteroatoms. The third-order valence-electron chi connectivity index (χ3n) is 4.36. The average molecular weight is 320 g/mol. The number of amides is 2. The largest absolute Gasteiger partial charge is 0.368 e. The van der Waals surface area contributed by atoms with E-state index in [0.29, 0.717) is 32.5 Å². The molecule has 0 aromatic carbocycles. The number of carbonyl (C=O) groups is 2. The highest BCUT2D eigenvalue weighted by atomic mass is 16.2. The molecule has 1 saturated heterocycles. The number of carbonyl (C=O) groups excluding carboxylic acids is 2. The number of hydrogen-bond donors (Lipinski definition) is 2. The molecule has 0 radical (unpaired) electrons. The number of primary amides is 1. The van der Waals surface area contributed by atoms with E-state index in [4.69, 9.17) is 11.5 Å². The van der Waals surface area contributed by atoms with Crippen LogP contribution >= 0.6 is 0 Å². The van der Waals surface area contributed by atoms with Gasteiger partial charge in [0.25, 0.3) is 0 Å². The summed E-state index contributed by atoms with van der Waals surface area (Å²) < 4.78 is 0. The number of anilines is 1. The van der Waals surface area contributed by atoms with Gasteiger partial charge in [-0.1, -0.05) is 0 Å². The fourth-order valence-corrected chi connectivity index (χ4v) is 2.92. The maximum atomic E-state index is 12.4. The molecule has 4 N–H and O–H groups in total. The van der Waals surface area contributed by atoms with Crippen LogP contribution in [0.15, 0.2) is 0 Å². The molecule has 126 valence electrons. The van der Waals surface area contributed by atoms with E-state index in [-0.39, 0.29) is 11.9 Å². The van der Waals surface area contributed by atoms with Gasteiger partial charge in [0, 0.05) is 37.4 Å². The summed E-state index contributed by atoms with van der Waals surface area (Å²) in [6.45, 7) is 5.33. The van der Waals surface area contributed by atoms with Crippen LogP contribution in [-0.2, 0) is 16.0 Å². The first-order valence-corrected chi connectivity index (χ1v) is 7.66. The average Bonchev–Trinajstić information content (AvgIpc) is 2.45. The zero-order chi connectivity index (χ0) is 17.1.